The van der Waals surface area contributed by atoms with Gasteiger partial charge in [-0.1, -0.05) is 35.9 Å². The number of carbonyl (C=O) groups excluding carboxylic acids is 1. The van der Waals surface area contributed by atoms with E-state index in [1.807, 2.05) is 30.3 Å². The zero-order valence-corrected chi connectivity index (χ0v) is 22.0. The number of aliphatic hydroxyl groups is 1. The molecule has 3 aromatic heterocycles. The minimum atomic E-state index is -0.778. The molecule has 1 fully saturated rings. The predicted molar refractivity (Wildman–Crippen MR) is 142 cm³/mol. The molecule has 1 N–H and O–H groups in total. The van der Waals surface area contributed by atoms with Gasteiger partial charge in [-0.2, -0.15) is 0 Å². The van der Waals surface area contributed by atoms with Crippen LogP contribution < -0.4 is 0 Å². The lowest BCUT2D eigenvalue weighted by Gasteiger charge is -2.30. The normalized spacial score (nSPS) is 16.5. The lowest BCUT2D eigenvalue weighted by molar-refractivity contribution is -0.00723. The fraction of sp³-hybridized carbons (Fsp3) is 0.321. The Bertz CT molecular complexity index is 1410. The Morgan fingerprint density at radius 3 is 2.82 bits per heavy atom. The Morgan fingerprint density at radius 1 is 1.21 bits per heavy atom. The Kier molecular flexibility index (Phi) is 7.78. The van der Waals surface area contributed by atoms with Crippen molar-refractivity contribution in [3.8, 4) is 11.5 Å². The highest BCUT2D eigenvalue weighted by atomic mass is 35.5. The molecule has 1 aromatic carbocycles. The molecular formula is C28H29ClN6O3. The molecule has 5 rings (SSSR count). The van der Waals surface area contributed by atoms with E-state index in [-0.39, 0.29) is 11.9 Å². The number of rotatable bonds is 8. The number of aliphatic hydroxyl groups excluding tert-OH is 1. The molecule has 4 heterocycles. The van der Waals surface area contributed by atoms with Gasteiger partial charge in [0.25, 0.3) is 5.91 Å². The van der Waals surface area contributed by atoms with Crippen molar-refractivity contribution in [3.05, 3.63) is 94.4 Å². The van der Waals surface area contributed by atoms with Crippen molar-refractivity contribution >= 4 is 17.5 Å². The number of halogens is 1. The summed E-state index contributed by atoms with van der Waals surface area (Å²) in [5, 5.41) is 19.4. The number of carbonyl (C=O) groups is 1. The van der Waals surface area contributed by atoms with Crippen LogP contribution in [0.15, 0.2) is 65.5 Å². The molecule has 0 spiro atoms. The van der Waals surface area contributed by atoms with Crippen LogP contribution in [0.1, 0.15) is 52.0 Å². The number of benzene rings is 1. The van der Waals surface area contributed by atoms with E-state index < -0.39 is 6.23 Å². The fourth-order valence-corrected chi connectivity index (χ4v) is 5.06. The van der Waals surface area contributed by atoms with E-state index in [1.54, 1.807) is 49.6 Å². The van der Waals surface area contributed by atoms with Gasteiger partial charge in [0, 0.05) is 62.8 Å². The van der Waals surface area contributed by atoms with Gasteiger partial charge in [0.1, 0.15) is 11.4 Å². The maximum atomic E-state index is 13.6. The standard InChI is InChI=1S/C28H29ClN6O3/c1-18-32-33-26(38-18)22-12-19(14-30-15-22)17-34(2)28(37)24-8-4-3-6-20(24)13-23-7-5-11-35(23)27(36)21-9-10-25(29)31-16-21/h3-4,6,8-10,12,14-16,23,27,36H,5,7,11,13,17H2,1-2H3/t23?,27-/m1/s1. The zero-order chi connectivity index (χ0) is 26.6. The Balaban J connectivity index is 1.30. The van der Waals surface area contributed by atoms with E-state index in [0.29, 0.717) is 46.6 Å². The highest BCUT2D eigenvalue weighted by Crippen LogP contribution is 2.30. The van der Waals surface area contributed by atoms with Gasteiger partial charge < -0.3 is 14.4 Å². The van der Waals surface area contributed by atoms with E-state index in [0.717, 1.165) is 30.5 Å². The molecule has 4 aromatic rings. The van der Waals surface area contributed by atoms with Crippen LogP contribution in [0.2, 0.25) is 5.15 Å². The Hall–Kier alpha value is -3.66. The first-order valence-corrected chi connectivity index (χ1v) is 12.9. The van der Waals surface area contributed by atoms with Gasteiger partial charge >= 0.3 is 0 Å². The first-order valence-electron chi connectivity index (χ1n) is 12.5. The van der Waals surface area contributed by atoms with Crippen LogP contribution in [0, 0.1) is 6.92 Å². The third-order valence-corrected chi connectivity index (χ3v) is 7.05. The van der Waals surface area contributed by atoms with Crippen LogP contribution in [-0.2, 0) is 13.0 Å². The van der Waals surface area contributed by atoms with Crippen LogP contribution in [0.4, 0.5) is 0 Å². The van der Waals surface area contributed by atoms with E-state index >= 15 is 0 Å². The van der Waals surface area contributed by atoms with Crippen LogP contribution in [0.25, 0.3) is 11.5 Å². The van der Waals surface area contributed by atoms with Crippen molar-refractivity contribution in [1.82, 2.24) is 30.0 Å². The number of aryl methyl sites for hydroxylation is 1. The largest absolute Gasteiger partial charge is 0.421 e. The molecule has 0 bridgehead atoms. The Morgan fingerprint density at radius 2 is 2.05 bits per heavy atom. The lowest BCUT2D eigenvalue weighted by Crippen LogP contribution is -2.35. The molecule has 1 aliphatic heterocycles. The number of nitrogens with zero attached hydrogens (tertiary/aromatic N) is 6. The van der Waals surface area contributed by atoms with Gasteiger partial charge in [0.15, 0.2) is 0 Å². The van der Waals surface area contributed by atoms with Crippen LogP contribution in [-0.4, -0.2) is 60.6 Å². The molecule has 0 radical (unpaired) electrons. The first-order chi connectivity index (χ1) is 18.4. The van der Waals surface area contributed by atoms with Crippen molar-refractivity contribution in [1.29, 1.82) is 0 Å². The molecule has 1 amide bonds. The van der Waals surface area contributed by atoms with E-state index in [1.165, 1.54) is 0 Å². The van der Waals surface area contributed by atoms with Gasteiger partial charge in [-0.05, 0) is 48.6 Å². The molecule has 1 unspecified atom stereocenters. The van der Waals surface area contributed by atoms with Gasteiger partial charge in [-0.15, -0.1) is 10.2 Å². The fourth-order valence-electron chi connectivity index (χ4n) is 4.95. The lowest BCUT2D eigenvalue weighted by atomic mass is 9.97. The number of aromatic nitrogens is 4. The highest BCUT2D eigenvalue weighted by molar-refractivity contribution is 6.29. The maximum Gasteiger partial charge on any atom is 0.254 e. The van der Waals surface area contributed by atoms with Crippen LogP contribution >= 0.6 is 11.6 Å². The van der Waals surface area contributed by atoms with Gasteiger partial charge in [-0.3, -0.25) is 14.7 Å². The minimum absolute atomic E-state index is 0.0772. The monoisotopic (exact) mass is 532 g/mol. The number of hydrogen-bond donors (Lipinski definition) is 1. The second-order valence-electron chi connectivity index (χ2n) is 9.55. The van der Waals surface area contributed by atoms with E-state index in [2.05, 4.69) is 25.1 Å². The van der Waals surface area contributed by atoms with Gasteiger partial charge in [0.05, 0.1) is 5.56 Å². The van der Waals surface area contributed by atoms with E-state index in [4.69, 9.17) is 16.0 Å². The molecule has 38 heavy (non-hydrogen) atoms. The molecule has 1 aliphatic rings. The maximum absolute atomic E-state index is 13.6. The van der Waals surface area contributed by atoms with Crippen molar-refractivity contribution in [2.45, 2.75) is 45.0 Å². The third kappa shape index (κ3) is 5.75. The first kappa shape index (κ1) is 26.0. The summed E-state index contributed by atoms with van der Waals surface area (Å²) in [6.45, 7) is 2.88. The van der Waals surface area contributed by atoms with Gasteiger partial charge in [0.2, 0.25) is 11.8 Å². The topological polar surface area (TPSA) is 108 Å². The Labute approximate surface area is 226 Å². The number of hydrogen-bond acceptors (Lipinski definition) is 8. The zero-order valence-electron chi connectivity index (χ0n) is 21.3. The summed E-state index contributed by atoms with van der Waals surface area (Å²) in [5.74, 6) is 0.799. The smallest absolute Gasteiger partial charge is 0.254 e. The summed E-state index contributed by atoms with van der Waals surface area (Å²) in [4.78, 5) is 25.7. The van der Waals surface area contributed by atoms with Crippen LogP contribution in [0.3, 0.4) is 0 Å². The molecule has 0 saturated carbocycles. The molecule has 9 nitrogen and oxygen atoms in total. The van der Waals surface area contributed by atoms with Crippen molar-refractivity contribution < 1.29 is 14.3 Å². The quantitative estimate of drug-likeness (QED) is 0.331. The third-order valence-electron chi connectivity index (χ3n) is 6.82. The highest BCUT2D eigenvalue weighted by Gasteiger charge is 2.32. The average molecular weight is 533 g/mol. The number of likely N-dealkylation sites (tertiary alicyclic amines) is 1. The van der Waals surface area contributed by atoms with Gasteiger partial charge in [-0.25, -0.2) is 4.98 Å². The number of pyridine rings is 2. The SMILES string of the molecule is Cc1nnc(-c2cncc(CN(C)C(=O)c3ccccc3CC3CCCN3[C@H](O)c3ccc(Cl)nc3)c2)o1. The summed E-state index contributed by atoms with van der Waals surface area (Å²) in [5.41, 5.74) is 3.88. The molecular weight excluding hydrogens is 504 g/mol. The minimum Gasteiger partial charge on any atom is -0.421 e. The van der Waals surface area contributed by atoms with E-state index in [9.17, 15) is 9.90 Å². The summed E-state index contributed by atoms with van der Waals surface area (Å²) >= 11 is 5.92. The average Bonchev–Trinajstić information content (AvgIpc) is 3.58. The van der Waals surface area contributed by atoms with Crippen LogP contribution in [0.5, 0.6) is 0 Å². The van der Waals surface area contributed by atoms with Crippen molar-refractivity contribution in [3.63, 3.8) is 0 Å². The summed E-state index contributed by atoms with van der Waals surface area (Å²) in [6, 6.07) is 13.2. The second-order valence-corrected chi connectivity index (χ2v) is 9.94. The molecule has 1 saturated heterocycles. The predicted octanol–water partition coefficient (Wildman–Crippen LogP) is 4.46. The van der Waals surface area contributed by atoms with Crippen molar-refractivity contribution in [2.24, 2.45) is 0 Å². The summed E-state index contributed by atoms with van der Waals surface area (Å²) in [6.07, 6.45) is 6.78. The molecule has 196 valence electrons. The second kappa shape index (κ2) is 11.4. The molecule has 0 aliphatic carbocycles. The molecule has 2 atom stereocenters. The van der Waals surface area contributed by atoms with Crippen molar-refractivity contribution in [2.75, 3.05) is 13.6 Å². The summed E-state index contributed by atoms with van der Waals surface area (Å²) < 4.78 is 5.51. The summed E-state index contributed by atoms with van der Waals surface area (Å²) in [7, 11) is 1.78. The molecule has 10 heteroatoms. The number of amides is 1.